The molecule has 0 spiro atoms. The maximum Gasteiger partial charge on any atom is 0.245 e. The van der Waals surface area contributed by atoms with Crippen molar-refractivity contribution in [2.75, 3.05) is 11.9 Å². The number of amides is 1. The smallest absolute Gasteiger partial charge is 0.245 e. The Morgan fingerprint density at radius 2 is 2.12 bits per heavy atom. The van der Waals surface area contributed by atoms with E-state index in [0.29, 0.717) is 17.7 Å². The Hall–Kier alpha value is -2.50. The summed E-state index contributed by atoms with van der Waals surface area (Å²) in [4.78, 5) is 28.0. The molecule has 4 rings (SSSR count). The molecule has 1 aliphatic heterocycles. The molecular formula is C18H21N5O. The Kier molecular flexibility index (Phi) is 3.88. The van der Waals surface area contributed by atoms with Crippen LogP contribution >= 0.6 is 0 Å². The molecule has 6 heteroatoms. The maximum absolute atomic E-state index is 12.5. The lowest BCUT2D eigenvalue weighted by Crippen LogP contribution is -2.35. The molecule has 3 heterocycles. The molecule has 2 aromatic heterocycles. The van der Waals surface area contributed by atoms with Gasteiger partial charge in [0, 0.05) is 30.5 Å². The van der Waals surface area contributed by atoms with Gasteiger partial charge in [-0.05, 0) is 37.8 Å². The van der Waals surface area contributed by atoms with Gasteiger partial charge in [-0.1, -0.05) is 13.0 Å². The van der Waals surface area contributed by atoms with Crippen molar-refractivity contribution < 1.29 is 4.79 Å². The highest BCUT2D eigenvalue weighted by Gasteiger charge is 2.40. The standard InChI is InChI=1S/C18H21N5O/c1-2-12-11-16(22-17(20-12)14-5-3-4-9-19-14)21-15-8-10-23(18(15)24)13-6-7-13/h3-5,9,11,13,15H,2,6-8,10H2,1H3,(H,20,21,22). The summed E-state index contributed by atoms with van der Waals surface area (Å²) in [5.74, 6) is 1.51. The second-order valence-corrected chi connectivity index (χ2v) is 6.39. The third kappa shape index (κ3) is 2.96. The lowest BCUT2D eigenvalue weighted by atomic mass is 10.2. The Labute approximate surface area is 141 Å². The number of likely N-dealkylation sites (tertiary alicyclic amines) is 1. The average molecular weight is 323 g/mol. The number of carbonyl (C=O) groups is 1. The van der Waals surface area contributed by atoms with Crippen LogP contribution < -0.4 is 5.32 Å². The largest absolute Gasteiger partial charge is 0.358 e. The van der Waals surface area contributed by atoms with Crippen molar-refractivity contribution in [2.45, 2.75) is 44.7 Å². The summed E-state index contributed by atoms with van der Waals surface area (Å²) >= 11 is 0. The minimum atomic E-state index is -0.179. The summed E-state index contributed by atoms with van der Waals surface area (Å²) in [6.07, 6.45) is 5.67. The fraction of sp³-hybridized carbons (Fsp3) is 0.444. The van der Waals surface area contributed by atoms with Gasteiger partial charge in [-0.2, -0.15) is 0 Å². The lowest BCUT2D eigenvalue weighted by Gasteiger charge is -2.17. The van der Waals surface area contributed by atoms with E-state index in [1.54, 1.807) is 6.20 Å². The molecule has 0 aromatic carbocycles. The van der Waals surface area contributed by atoms with E-state index in [2.05, 4.69) is 27.2 Å². The quantitative estimate of drug-likeness (QED) is 0.914. The first kappa shape index (κ1) is 15.1. The molecule has 1 atom stereocenters. The van der Waals surface area contributed by atoms with E-state index >= 15 is 0 Å². The van der Waals surface area contributed by atoms with Crippen LogP contribution in [0.1, 0.15) is 31.9 Å². The van der Waals surface area contributed by atoms with E-state index in [9.17, 15) is 4.79 Å². The third-order valence-electron chi connectivity index (χ3n) is 4.59. The van der Waals surface area contributed by atoms with Gasteiger partial charge in [0.25, 0.3) is 0 Å². The van der Waals surface area contributed by atoms with Crippen LogP contribution in [0.15, 0.2) is 30.5 Å². The summed E-state index contributed by atoms with van der Waals surface area (Å²) in [5, 5.41) is 3.32. The van der Waals surface area contributed by atoms with Gasteiger partial charge >= 0.3 is 0 Å². The second-order valence-electron chi connectivity index (χ2n) is 6.39. The molecule has 2 aromatic rings. The van der Waals surface area contributed by atoms with Crippen LogP contribution in [0.5, 0.6) is 0 Å². The van der Waals surface area contributed by atoms with E-state index in [-0.39, 0.29) is 11.9 Å². The summed E-state index contributed by atoms with van der Waals surface area (Å²) in [6, 6.07) is 7.92. The molecule has 1 amide bonds. The number of hydrogen-bond acceptors (Lipinski definition) is 5. The molecular weight excluding hydrogens is 302 g/mol. The SMILES string of the molecule is CCc1cc(NC2CCN(C3CC3)C2=O)nc(-c2ccccn2)n1. The minimum absolute atomic E-state index is 0.179. The van der Waals surface area contributed by atoms with Crippen LogP contribution in [0.3, 0.4) is 0 Å². The fourth-order valence-electron chi connectivity index (χ4n) is 3.13. The van der Waals surface area contributed by atoms with Gasteiger partial charge in [0.1, 0.15) is 17.6 Å². The first-order chi connectivity index (χ1) is 11.7. The van der Waals surface area contributed by atoms with Crippen molar-refractivity contribution in [1.82, 2.24) is 19.9 Å². The van der Waals surface area contributed by atoms with Crippen LogP contribution in [0.25, 0.3) is 11.5 Å². The molecule has 2 aliphatic rings. The van der Waals surface area contributed by atoms with Gasteiger partial charge in [-0.3, -0.25) is 9.78 Å². The molecule has 1 saturated heterocycles. The van der Waals surface area contributed by atoms with Crippen LogP contribution in [-0.4, -0.2) is 44.4 Å². The Bertz CT molecular complexity index is 744. The molecule has 1 N–H and O–H groups in total. The summed E-state index contributed by atoms with van der Waals surface area (Å²) < 4.78 is 0. The maximum atomic E-state index is 12.5. The number of aryl methyl sites for hydroxylation is 1. The topological polar surface area (TPSA) is 71.0 Å². The van der Waals surface area contributed by atoms with Crippen molar-refractivity contribution in [3.8, 4) is 11.5 Å². The number of anilines is 1. The second kappa shape index (κ2) is 6.19. The van der Waals surface area contributed by atoms with Crippen molar-refractivity contribution in [1.29, 1.82) is 0 Å². The molecule has 24 heavy (non-hydrogen) atoms. The molecule has 0 radical (unpaired) electrons. The van der Waals surface area contributed by atoms with E-state index in [1.807, 2.05) is 29.2 Å². The number of nitrogens with one attached hydrogen (secondary N) is 1. The molecule has 1 saturated carbocycles. The van der Waals surface area contributed by atoms with Crippen LogP contribution in [0.2, 0.25) is 0 Å². The number of pyridine rings is 1. The normalized spacial score (nSPS) is 20.5. The first-order valence-corrected chi connectivity index (χ1v) is 8.61. The molecule has 0 bridgehead atoms. The number of carbonyl (C=O) groups excluding carboxylic acids is 1. The van der Waals surface area contributed by atoms with Crippen LogP contribution in [0, 0.1) is 0 Å². The zero-order valence-electron chi connectivity index (χ0n) is 13.8. The number of aromatic nitrogens is 3. The Morgan fingerprint density at radius 3 is 2.83 bits per heavy atom. The molecule has 2 fully saturated rings. The summed E-state index contributed by atoms with van der Waals surface area (Å²) in [6.45, 7) is 2.91. The Balaban J connectivity index is 1.57. The van der Waals surface area contributed by atoms with Gasteiger partial charge < -0.3 is 10.2 Å². The van der Waals surface area contributed by atoms with Crippen molar-refractivity contribution in [3.05, 3.63) is 36.2 Å². The van der Waals surface area contributed by atoms with Crippen molar-refractivity contribution in [2.24, 2.45) is 0 Å². The lowest BCUT2D eigenvalue weighted by molar-refractivity contribution is -0.128. The predicted octanol–water partition coefficient (Wildman–Crippen LogP) is 2.28. The summed E-state index contributed by atoms with van der Waals surface area (Å²) in [7, 11) is 0. The minimum Gasteiger partial charge on any atom is -0.358 e. The molecule has 1 aliphatic carbocycles. The summed E-state index contributed by atoms with van der Waals surface area (Å²) in [5.41, 5.74) is 1.69. The van der Waals surface area contributed by atoms with Gasteiger partial charge in [-0.15, -0.1) is 0 Å². The zero-order chi connectivity index (χ0) is 16.5. The first-order valence-electron chi connectivity index (χ1n) is 8.61. The van der Waals surface area contributed by atoms with E-state index in [4.69, 9.17) is 0 Å². The zero-order valence-corrected chi connectivity index (χ0v) is 13.8. The van der Waals surface area contributed by atoms with E-state index in [0.717, 1.165) is 43.6 Å². The van der Waals surface area contributed by atoms with Crippen LogP contribution in [0.4, 0.5) is 5.82 Å². The highest BCUT2D eigenvalue weighted by Crippen LogP contribution is 2.31. The van der Waals surface area contributed by atoms with Crippen molar-refractivity contribution in [3.63, 3.8) is 0 Å². The Morgan fingerprint density at radius 1 is 1.25 bits per heavy atom. The van der Waals surface area contributed by atoms with Gasteiger partial charge in [0.05, 0.1) is 0 Å². The number of nitrogens with zero attached hydrogens (tertiary/aromatic N) is 4. The predicted molar refractivity (Wildman–Crippen MR) is 91.4 cm³/mol. The highest BCUT2D eigenvalue weighted by molar-refractivity contribution is 5.87. The van der Waals surface area contributed by atoms with Crippen molar-refractivity contribution >= 4 is 11.7 Å². The van der Waals surface area contributed by atoms with Gasteiger partial charge in [0.2, 0.25) is 5.91 Å². The van der Waals surface area contributed by atoms with E-state index in [1.165, 1.54) is 0 Å². The van der Waals surface area contributed by atoms with Gasteiger partial charge in [-0.25, -0.2) is 9.97 Å². The molecule has 1 unspecified atom stereocenters. The highest BCUT2D eigenvalue weighted by atomic mass is 16.2. The number of rotatable bonds is 5. The van der Waals surface area contributed by atoms with Crippen LogP contribution in [-0.2, 0) is 11.2 Å². The number of hydrogen-bond donors (Lipinski definition) is 1. The third-order valence-corrected chi connectivity index (χ3v) is 4.59. The average Bonchev–Trinajstić information content (AvgIpc) is 3.40. The fourth-order valence-corrected chi connectivity index (χ4v) is 3.13. The van der Waals surface area contributed by atoms with E-state index < -0.39 is 0 Å². The monoisotopic (exact) mass is 323 g/mol. The molecule has 6 nitrogen and oxygen atoms in total. The molecule has 124 valence electrons. The van der Waals surface area contributed by atoms with Gasteiger partial charge in [0.15, 0.2) is 5.82 Å².